The smallest absolute Gasteiger partial charge is 0.331 e. The van der Waals surface area contributed by atoms with Gasteiger partial charge in [0.05, 0.1) is 12.0 Å². The van der Waals surface area contributed by atoms with E-state index in [-0.39, 0.29) is 23.8 Å². The van der Waals surface area contributed by atoms with Gasteiger partial charge < -0.3 is 9.47 Å². The van der Waals surface area contributed by atoms with Crippen molar-refractivity contribution in [3.63, 3.8) is 0 Å². The number of carbonyl (C=O) groups excluding carboxylic acids is 2. The maximum absolute atomic E-state index is 12.8. The van der Waals surface area contributed by atoms with Crippen LogP contribution in [0.1, 0.15) is 24.6 Å². The summed E-state index contributed by atoms with van der Waals surface area (Å²) in [6.45, 7) is 1.94. The highest BCUT2D eigenvalue weighted by molar-refractivity contribution is 7.10. The molecule has 0 aromatic carbocycles. The Morgan fingerprint density at radius 1 is 1.43 bits per heavy atom. The van der Waals surface area contributed by atoms with Crippen molar-refractivity contribution < 1.29 is 19.1 Å². The molecule has 0 spiro atoms. The highest BCUT2D eigenvalue weighted by atomic mass is 32.1. The second-order valence-corrected chi connectivity index (χ2v) is 7.00. The fraction of sp³-hybridized carbons (Fsp3) is 0.444. The number of methoxy groups -OCH3 is 1. The molecule has 3 rings (SSSR count). The number of ketones is 1. The molecule has 5 heteroatoms. The summed E-state index contributed by atoms with van der Waals surface area (Å²) >= 11 is 1.58. The van der Waals surface area contributed by atoms with Crippen LogP contribution in [0.15, 0.2) is 35.2 Å². The lowest BCUT2D eigenvalue weighted by Gasteiger charge is -2.42. The summed E-state index contributed by atoms with van der Waals surface area (Å²) in [6, 6.07) is 3.90. The lowest BCUT2D eigenvalue weighted by atomic mass is 9.71. The van der Waals surface area contributed by atoms with Gasteiger partial charge in [0.2, 0.25) is 0 Å². The van der Waals surface area contributed by atoms with Crippen molar-refractivity contribution in [1.82, 2.24) is 0 Å². The first-order chi connectivity index (χ1) is 11.1. The molecule has 0 bridgehead atoms. The predicted octanol–water partition coefficient (Wildman–Crippen LogP) is 3.24. The van der Waals surface area contributed by atoms with E-state index >= 15 is 0 Å². The van der Waals surface area contributed by atoms with E-state index in [0.717, 1.165) is 23.3 Å². The SMILES string of the molecule is COC1CCC2C(C)=CC(=O)OC2C1C(=O)C=Cc1cccs1. The third-order valence-corrected chi connectivity index (χ3v) is 5.52. The van der Waals surface area contributed by atoms with Gasteiger partial charge in [-0.25, -0.2) is 4.79 Å². The average molecular weight is 332 g/mol. The van der Waals surface area contributed by atoms with E-state index in [9.17, 15) is 9.59 Å². The number of rotatable bonds is 4. The van der Waals surface area contributed by atoms with E-state index in [0.29, 0.717) is 0 Å². The normalized spacial score (nSPS) is 30.7. The summed E-state index contributed by atoms with van der Waals surface area (Å²) in [5.41, 5.74) is 1.00. The molecule has 122 valence electrons. The predicted molar refractivity (Wildman–Crippen MR) is 89.0 cm³/mol. The summed E-state index contributed by atoms with van der Waals surface area (Å²) < 4.78 is 11.0. The minimum absolute atomic E-state index is 0.0394. The van der Waals surface area contributed by atoms with Crippen LogP contribution in [0.25, 0.3) is 6.08 Å². The molecule has 0 N–H and O–H groups in total. The quantitative estimate of drug-likeness (QED) is 0.627. The Morgan fingerprint density at radius 3 is 2.96 bits per heavy atom. The number of esters is 1. The molecular weight excluding hydrogens is 312 g/mol. The standard InChI is InChI=1S/C18H20O4S/c1-11-10-16(20)22-18-13(11)6-8-15(21-2)17(18)14(19)7-5-12-4-3-9-23-12/h3-5,7,9-10,13,15,17-18H,6,8H2,1-2H3. The van der Waals surface area contributed by atoms with Crippen LogP contribution in [0.2, 0.25) is 0 Å². The van der Waals surface area contributed by atoms with Gasteiger partial charge in [-0.2, -0.15) is 0 Å². The van der Waals surface area contributed by atoms with Crippen molar-refractivity contribution >= 4 is 29.2 Å². The average Bonchev–Trinajstić information content (AvgIpc) is 3.04. The van der Waals surface area contributed by atoms with E-state index < -0.39 is 12.0 Å². The van der Waals surface area contributed by atoms with Crippen molar-refractivity contribution in [3.8, 4) is 0 Å². The van der Waals surface area contributed by atoms with Gasteiger partial charge in [0.25, 0.3) is 0 Å². The second kappa shape index (κ2) is 6.81. The first-order valence-electron chi connectivity index (χ1n) is 7.77. The maximum Gasteiger partial charge on any atom is 0.331 e. The van der Waals surface area contributed by atoms with Crippen LogP contribution in [-0.4, -0.2) is 31.1 Å². The van der Waals surface area contributed by atoms with Gasteiger partial charge in [0, 0.05) is 24.0 Å². The van der Waals surface area contributed by atoms with E-state index in [4.69, 9.17) is 9.47 Å². The Bertz CT molecular complexity index is 644. The number of allylic oxidation sites excluding steroid dienone is 1. The Kier molecular flexibility index (Phi) is 4.78. The Morgan fingerprint density at radius 2 is 2.26 bits per heavy atom. The number of carbonyl (C=O) groups is 2. The first-order valence-corrected chi connectivity index (χ1v) is 8.65. The van der Waals surface area contributed by atoms with Crippen molar-refractivity contribution in [2.45, 2.75) is 32.0 Å². The maximum atomic E-state index is 12.8. The molecule has 4 unspecified atom stereocenters. The van der Waals surface area contributed by atoms with Gasteiger partial charge in [0.1, 0.15) is 6.10 Å². The van der Waals surface area contributed by atoms with Crippen LogP contribution >= 0.6 is 11.3 Å². The van der Waals surface area contributed by atoms with E-state index in [1.54, 1.807) is 24.5 Å². The van der Waals surface area contributed by atoms with Crippen molar-refractivity contribution in [1.29, 1.82) is 0 Å². The zero-order chi connectivity index (χ0) is 16.4. The third-order valence-electron chi connectivity index (χ3n) is 4.68. The van der Waals surface area contributed by atoms with Crippen LogP contribution in [0, 0.1) is 11.8 Å². The van der Waals surface area contributed by atoms with Gasteiger partial charge in [0.15, 0.2) is 5.78 Å². The summed E-state index contributed by atoms with van der Waals surface area (Å²) in [5.74, 6) is -0.728. The van der Waals surface area contributed by atoms with Crippen molar-refractivity contribution in [3.05, 3.63) is 40.1 Å². The summed E-state index contributed by atoms with van der Waals surface area (Å²) in [4.78, 5) is 25.6. The zero-order valence-corrected chi connectivity index (χ0v) is 14.0. The number of hydrogen-bond acceptors (Lipinski definition) is 5. The zero-order valence-electron chi connectivity index (χ0n) is 13.2. The molecule has 0 radical (unpaired) electrons. The molecule has 4 atom stereocenters. The van der Waals surface area contributed by atoms with Crippen molar-refractivity contribution in [2.75, 3.05) is 7.11 Å². The van der Waals surface area contributed by atoms with Gasteiger partial charge in [-0.3, -0.25) is 4.79 Å². The summed E-state index contributed by atoms with van der Waals surface area (Å²) in [5, 5.41) is 1.97. The second-order valence-electron chi connectivity index (χ2n) is 6.02. The molecule has 2 aliphatic rings. The molecular formula is C18H20O4S. The molecule has 0 amide bonds. The molecule has 1 aliphatic heterocycles. The van der Waals surface area contributed by atoms with Crippen LogP contribution in [0.4, 0.5) is 0 Å². The van der Waals surface area contributed by atoms with Crippen LogP contribution in [0.5, 0.6) is 0 Å². The molecule has 4 nitrogen and oxygen atoms in total. The largest absolute Gasteiger partial charge is 0.458 e. The fourth-order valence-corrected chi connectivity index (χ4v) is 4.14. The van der Waals surface area contributed by atoms with Crippen molar-refractivity contribution in [2.24, 2.45) is 11.8 Å². The molecule has 1 saturated carbocycles. The summed E-state index contributed by atoms with van der Waals surface area (Å²) in [6.07, 6.45) is 5.98. The molecule has 23 heavy (non-hydrogen) atoms. The Hall–Kier alpha value is -1.72. The topological polar surface area (TPSA) is 52.6 Å². The lowest BCUT2D eigenvalue weighted by molar-refractivity contribution is -0.162. The Labute approximate surface area is 139 Å². The van der Waals surface area contributed by atoms with Gasteiger partial charge in [-0.1, -0.05) is 11.6 Å². The minimum Gasteiger partial charge on any atom is -0.458 e. The number of hydrogen-bond donors (Lipinski definition) is 0. The molecule has 2 heterocycles. The first kappa shape index (κ1) is 16.1. The molecule has 0 saturated heterocycles. The van der Waals surface area contributed by atoms with Gasteiger partial charge >= 0.3 is 5.97 Å². The van der Waals surface area contributed by atoms with E-state index in [1.165, 1.54) is 6.08 Å². The van der Waals surface area contributed by atoms with Crippen LogP contribution in [-0.2, 0) is 19.1 Å². The van der Waals surface area contributed by atoms with Crippen LogP contribution < -0.4 is 0 Å². The lowest BCUT2D eigenvalue weighted by Crippen LogP contribution is -2.50. The number of fused-ring (bicyclic) bond motifs is 1. The van der Waals surface area contributed by atoms with E-state index in [2.05, 4.69) is 0 Å². The molecule has 1 aliphatic carbocycles. The van der Waals surface area contributed by atoms with Crippen LogP contribution in [0.3, 0.4) is 0 Å². The Balaban J connectivity index is 1.85. The minimum atomic E-state index is -0.442. The fourth-order valence-electron chi connectivity index (χ4n) is 3.52. The van der Waals surface area contributed by atoms with Gasteiger partial charge in [-0.15, -0.1) is 11.3 Å². The van der Waals surface area contributed by atoms with E-state index in [1.807, 2.05) is 30.5 Å². The molecule has 1 aromatic rings. The monoisotopic (exact) mass is 332 g/mol. The highest BCUT2D eigenvalue weighted by Crippen LogP contribution is 2.40. The number of thiophene rings is 1. The molecule has 1 aromatic heterocycles. The summed E-state index contributed by atoms with van der Waals surface area (Å²) in [7, 11) is 1.61. The molecule has 1 fully saturated rings. The van der Waals surface area contributed by atoms with Gasteiger partial charge in [-0.05, 0) is 43.4 Å². The number of ether oxygens (including phenoxy) is 2. The highest BCUT2D eigenvalue weighted by Gasteiger charge is 2.47. The third kappa shape index (κ3) is 3.31.